The van der Waals surface area contributed by atoms with Crippen LogP contribution in [0.5, 0.6) is 0 Å². The van der Waals surface area contributed by atoms with E-state index in [-0.39, 0.29) is 25.8 Å². The first kappa shape index (κ1) is 63.2. The number of phosphoric ester groups is 1. The summed E-state index contributed by atoms with van der Waals surface area (Å²) in [7, 11) is 1.37. The first-order valence-electron chi connectivity index (χ1n) is 27.9. The third kappa shape index (κ3) is 52.2. The second-order valence-electron chi connectivity index (χ2n) is 20.3. The van der Waals surface area contributed by atoms with Gasteiger partial charge in [0, 0.05) is 13.0 Å². The van der Waals surface area contributed by atoms with Gasteiger partial charge in [-0.2, -0.15) is 0 Å². The molecule has 0 aliphatic rings. The van der Waals surface area contributed by atoms with Gasteiger partial charge in [0.05, 0.1) is 34.4 Å². The maximum absolute atomic E-state index is 12.8. The van der Waals surface area contributed by atoms with Crippen LogP contribution in [0.25, 0.3) is 0 Å². The van der Waals surface area contributed by atoms with E-state index in [2.05, 4.69) is 26.0 Å². The highest BCUT2D eigenvalue weighted by molar-refractivity contribution is 7.45. The summed E-state index contributed by atoms with van der Waals surface area (Å²) in [6, 6.07) is 0. The van der Waals surface area contributed by atoms with Crippen molar-refractivity contribution in [2.75, 3.05) is 54.1 Å². The minimum atomic E-state index is -4.53. The molecule has 0 aromatic rings. The average molecular weight is 928 g/mol. The van der Waals surface area contributed by atoms with Crippen molar-refractivity contribution in [1.29, 1.82) is 0 Å². The second kappa shape index (κ2) is 48.7. The largest absolute Gasteiger partial charge is 0.756 e. The molecule has 0 saturated carbocycles. The molecular weight excluding hydrogens is 818 g/mol. The minimum absolute atomic E-state index is 0.0286. The van der Waals surface area contributed by atoms with Gasteiger partial charge in [0.15, 0.2) is 0 Å². The smallest absolute Gasteiger partial charge is 0.306 e. The van der Waals surface area contributed by atoms with Crippen LogP contribution in [-0.4, -0.2) is 70.7 Å². The van der Waals surface area contributed by atoms with Gasteiger partial charge >= 0.3 is 5.97 Å². The highest BCUT2D eigenvalue weighted by Gasteiger charge is 2.20. The topological polar surface area (TPSA) is 94.1 Å². The van der Waals surface area contributed by atoms with Crippen molar-refractivity contribution in [1.82, 2.24) is 0 Å². The number of hydrogen-bond donors (Lipinski definition) is 0. The Morgan fingerprint density at radius 3 is 1.19 bits per heavy atom. The van der Waals surface area contributed by atoms with Gasteiger partial charge in [0.2, 0.25) is 0 Å². The number of carbonyl (C=O) groups excluding carboxylic acids is 1. The number of rotatable bonds is 53. The molecule has 8 nitrogen and oxygen atoms in total. The zero-order chi connectivity index (χ0) is 46.9. The molecule has 0 aliphatic carbocycles. The summed E-state index contributed by atoms with van der Waals surface area (Å²) in [4.78, 5) is 25.2. The fourth-order valence-electron chi connectivity index (χ4n) is 8.25. The summed E-state index contributed by atoms with van der Waals surface area (Å²) in [6.07, 6.45) is 56.8. The maximum atomic E-state index is 12.8. The van der Waals surface area contributed by atoms with Gasteiger partial charge in [-0.25, -0.2) is 0 Å². The van der Waals surface area contributed by atoms with E-state index < -0.39 is 13.9 Å². The molecular formula is C55H110NO7P. The van der Waals surface area contributed by atoms with Crippen molar-refractivity contribution in [2.24, 2.45) is 0 Å². The molecule has 0 spiro atoms. The molecule has 0 fully saturated rings. The van der Waals surface area contributed by atoms with E-state index >= 15 is 0 Å². The number of carbonyl (C=O) groups is 1. The van der Waals surface area contributed by atoms with Crippen molar-refractivity contribution < 1.29 is 37.3 Å². The standard InChI is InChI=1S/C55H110NO7P/c1-6-8-10-12-14-16-18-20-22-24-25-26-27-28-29-30-31-32-34-36-38-40-42-44-46-48-55(57)63-54(53-62-64(58,59)61-51-49-56(3,4)5)52-60-50-47-45-43-41-39-37-35-33-23-21-19-17-15-13-11-9-7-2/h23,33,54H,6-22,24-32,34-53H2,1-5H3/b33-23-. The van der Waals surface area contributed by atoms with Crippen LogP contribution in [0.15, 0.2) is 12.2 Å². The Morgan fingerprint density at radius 2 is 0.812 bits per heavy atom. The summed E-state index contributed by atoms with van der Waals surface area (Å²) in [6.45, 7) is 5.46. The van der Waals surface area contributed by atoms with Gasteiger partial charge < -0.3 is 27.9 Å². The third-order valence-corrected chi connectivity index (χ3v) is 13.5. The second-order valence-corrected chi connectivity index (χ2v) is 21.7. The number of hydrogen-bond acceptors (Lipinski definition) is 7. The zero-order valence-electron chi connectivity index (χ0n) is 43.5. The number of likely N-dealkylation sites (N-methyl/N-ethyl adjacent to an activating group) is 1. The molecule has 0 amide bonds. The summed E-state index contributed by atoms with van der Waals surface area (Å²) in [5.41, 5.74) is 0. The predicted octanol–water partition coefficient (Wildman–Crippen LogP) is 16.7. The van der Waals surface area contributed by atoms with Crippen LogP contribution in [0.1, 0.15) is 277 Å². The molecule has 0 N–H and O–H groups in total. The van der Waals surface area contributed by atoms with E-state index in [0.29, 0.717) is 24.1 Å². The van der Waals surface area contributed by atoms with Gasteiger partial charge in [0.25, 0.3) is 7.82 Å². The van der Waals surface area contributed by atoms with E-state index in [1.165, 1.54) is 225 Å². The number of unbranched alkanes of at least 4 members (excludes halogenated alkanes) is 37. The Kier molecular flexibility index (Phi) is 48.1. The lowest BCUT2D eigenvalue weighted by atomic mass is 10.0. The Balaban J connectivity index is 4.02. The van der Waals surface area contributed by atoms with Gasteiger partial charge in [0.1, 0.15) is 19.3 Å². The lowest BCUT2D eigenvalue weighted by Gasteiger charge is -2.28. The fourth-order valence-corrected chi connectivity index (χ4v) is 8.98. The van der Waals surface area contributed by atoms with Crippen molar-refractivity contribution >= 4 is 13.8 Å². The molecule has 0 aliphatic heterocycles. The number of allylic oxidation sites excluding steroid dienone is 2. The van der Waals surface area contributed by atoms with Crippen LogP contribution < -0.4 is 4.89 Å². The average Bonchev–Trinajstić information content (AvgIpc) is 3.25. The van der Waals surface area contributed by atoms with Gasteiger partial charge in [-0.1, -0.05) is 244 Å². The van der Waals surface area contributed by atoms with Crippen LogP contribution in [0.4, 0.5) is 0 Å². The number of quaternary nitrogens is 1. The molecule has 2 atom stereocenters. The summed E-state index contributed by atoms with van der Waals surface area (Å²) < 4.78 is 34.8. The number of nitrogens with zero attached hydrogens (tertiary/aromatic N) is 1. The Bertz CT molecular complexity index is 1030. The van der Waals surface area contributed by atoms with Crippen molar-refractivity contribution in [3.63, 3.8) is 0 Å². The van der Waals surface area contributed by atoms with E-state index in [1.807, 2.05) is 21.1 Å². The normalized spacial score (nSPS) is 13.5. The van der Waals surface area contributed by atoms with Gasteiger partial charge in [-0.15, -0.1) is 0 Å². The number of phosphoric acid groups is 1. The number of ether oxygens (including phenoxy) is 2. The molecule has 0 bridgehead atoms. The lowest BCUT2D eigenvalue weighted by molar-refractivity contribution is -0.870. The predicted molar refractivity (Wildman–Crippen MR) is 273 cm³/mol. The van der Waals surface area contributed by atoms with Crippen molar-refractivity contribution in [3.05, 3.63) is 12.2 Å². The first-order chi connectivity index (χ1) is 31.1. The Hall–Kier alpha value is -0.760. The van der Waals surface area contributed by atoms with E-state index in [0.717, 1.165) is 32.1 Å². The molecule has 0 saturated heterocycles. The highest BCUT2D eigenvalue weighted by Crippen LogP contribution is 2.38. The van der Waals surface area contributed by atoms with Crippen molar-refractivity contribution in [3.8, 4) is 0 Å². The van der Waals surface area contributed by atoms with E-state index in [9.17, 15) is 14.3 Å². The Labute approximate surface area is 399 Å². The first-order valence-corrected chi connectivity index (χ1v) is 29.4. The minimum Gasteiger partial charge on any atom is -0.756 e. The molecule has 2 unspecified atom stereocenters. The molecule has 64 heavy (non-hydrogen) atoms. The fraction of sp³-hybridized carbons (Fsp3) is 0.945. The zero-order valence-corrected chi connectivity index (χ0v) is 44.4. The Morgan fingerprint density at radius 1 is 0.469 bits per heavy atom. The summed E-state index contributed by atoms with van der Waals surface area (Å²) in [5, 5.41) is 0. The summed E-state index contributed by atoms with van der Waals surface area (Å²) >= 11 is 0. The maximum Gasteiger partial charge on any atom is 0.306 e. The van der Waals surface area contributed by atoms with Crippen LogP contribution in [0, 0.1) is 0 Å². The van der Waals surface area contributed by atoms with Crippen LogP contribution in [0.2, 0.25) is 0 Å². The summed E-state index contributed by atoms with van der Waals surface area (Å²) in [5.74, 6) is -0.328. The van der Waals surface area contributed by atoms with Gasteiger partial charge in [-0.3, -0.25) is 9.36 Å². The molecule has 0 aromatic heterocycles. The van der Waals surface area contributed by atoms with E-state index in [4.69, 9.17) is 18.5 Å². The highest BCUT2D eigenvalue weighted by atomic mass is 31.2. The molecule has 0 heterocycles. The third-order valence-electron chi connectivity index (χ3n) is 12.6. The number of esters is 1. The van der Waals surface area contributed by atoms with Crippen LogP contribution in [0.3, 0.4) is 0 Å². The molecule has 382 valence electrons. The van der Waals surface area contributed by atoms with Crippen LogP contribution >= 0.6 is 7.82 Å². The molecule has 0 rings (SSSR count). The van der Waals surface area contributed by atoms with Gasteiger partial charge in [-0.05, 0) is 38.5 Å². The lowest BCUT2D eigenvalue weighted by Crippen LogP contribution is -2.37. The SMILES string of the molecule is CCCCCCCCC/C=C\CCCCCCCCOCC(COP(=O)([O-])OCC[N+](C)(C)C)OC(=O)CCCCCCCCCCCCCCCCCCCCCCCCCCC. The van der Waals surface area contributed by atoms with E-state index in [1.54, 1.807) is 0 Å². The van der Waals surface area contributed by atoms with Crippen molar-refractivity contribution in [2.45, 2.75) is 283 Å². The monoisotopic (exact) mass is 928 g/mol. The van der Waals surface area contributed by atoms with Crippen LogP contribution in [-0.2, 0) is 27.9 Å². The quantitative estimate of drug-likeness (QED) is 0.0197. The molecule has 0 radical (unpaired) electrons. The molecule has 9 heteroatoms. The molecule has 0 aromatic carbocycles.